The van der Waals surface area contributed by atoms with Crippen molar-refractivity contribution in [3.63, 3.8) is 0 Å². The van der Waals surface area contributed by atoms with E-state index in [2.05, 4.69) is 69.2 Å². The summed E-state index contributed by atoms with van der Waals surface area (Å²) in [6.45, 7) is 6.47. The molecule has 1 saturated heterocycles. The van der Waals surface area contributed by atoms with Crippen LogP contribution in [-0.2, 0) is 11.2 Å². The molecule has 4 heterocycles. The highest BCUT2D eigenvalue weighted by atomic mass is 16.1. The van der Waals surface area contributed by atoms with E-state index >= 15 is 0 Å². The van der Waals surface area contributed by atoms with Gasteiger partial charge in [0.1, 0.15) is 6.33 Å². The van der Waals surface area contributed by atoms with Crippen molar-refractivity contribution in [3.05, 3.63) is 64.9 Å². The fourth-order valence-electron chi connectivity index (χ4n) is 7.58. The minimum atomic E-state index is -0.978. The minimum absolute atomic E-state index is 0.0811. The number of nitriles is 1. The third-order valence-electron chi connectivity index (χ3n) is 9.81. The van der Waals surface area contributed by atoms with Crippen LogP contribution in [-0.4, -0.2) is 55.7 Å². The molecule has 0 bridgehead atoms. The van der Waals surface area contributed by atoms with Gasteiger partial charge in [0.2, 0.25) is 0 Å². The number of nitrogens with one attached hydrogen (secondary N) is 1. The van der Waals surface area contributed by atoms with Gasteiger partial charge in [0.25, 0.3) is 0 Å². The van der Waals surface area contributed by atoms with Crippen LogP contribution in [0.1, 0.15) is 62.4 Å². The van der Waals surface area contributed by atoms with E-state index in [-0.39, 0.29) is 28.7 Å². The molecule has 4 aliphatic rings. The second-order valence-electron chi connectivity index (χ2n) is 12.3. The Bertz CT molecular complexity index is 1600. The highest BCUT2D eigenvalue weighted by Crippen LogP contribution is 2.52. The molecule has 3 unspecified atom stereocenters. The maximum Gasteiger partial charge on any atom is 0.184 e. The number of rotatable bonds is 2. The Labute approximate surface area is 227 Å². The smallest absolute Gasteiger partial charge is 0.184 e. The highest BCUT2D eigenvalue weighted by molar-refractivity contribution is 6.24. The number of hydrogen-bond acceptors (Lipinski definition) is 8. The molecule has 39 heavy (non-hydrogen) atoms. The summed E-state index contributed by atoms with van der Waals surface area (Å²) in [5.74, 6) is -1.12. The maximum atomic E-state index is 13.8. The van der Waals surface area contributed by atoms with Crippen LogP contribution in [0.3, 0.4) is 0 Å². The normalized spacial score (nSPS) is 27.8. The topological polar surface area (TPSA) is 137 Å². The Morgan fingerprint density at radius 1 is 1.18 bits per heavy atom. The van der Waals surface area contributed by atoms with Crippen LogP contribution in [0, 0.1) is 28.1 Å². The van der Waals surface area contributed by atoms with Gasteiger partial charge in [-0.1, -0.05) is 38.1 Å². The number of carbonyl (C=O) groups excluding carboxylic acids is 1. The number of likely N-dealkylation sites (tertiary alicyclic amines) is 1. The van der Waals surface area contributed by atoms with E-state index in [1.54, 1.807) is 6.20 Å². The third kappa shape index (κ3) is 3.62. The molecule has 2 aliphatic carbocycles. The molecular formula is C30H32N8O. The predicted octanol–water partition coefficient (Wildman–Crippen LogP) is 3.65. The number of benzene rings is 1. The molecule has 3 aromatic rings. The van der Waals surface area contributed by atoms with Crippen LogP contribution in [0.5, 0.6) is 0 Å². The molecule has 0 amide bonds. The number of aromatic amines is 1. The van der Waals surface area contributed by atoms with Gasteiger partial charge in [0.05, 0.1) is 22.9 Å². The number of nitrogens with two attached hydrogens (primary N) is 1. The summed E-state index contributed by atoms with van der Waals surface area (Å²) in [6.07, 6.45) is 7.51. The summed E-state index contributed by atoms with van der Waals surface area (Å²) in [5.41, 5.74) is 12.5. The van der Waals surface area contributed by atoms with Crippen LogP contribution in [0.4, 0.5) is 0 Å². The zero-order valence-electron chi connectivity index (χ0n) is 22.3. The summed E-state index contributed by atoms with van der Waals surface area (Å²) in [7, 11) is 0. The average Bonchev–Trinajstić information content (AvgIpc) is 3.48. The number of allylic oxidation sites excluding steroid dienone is 1. The molecule has 9 nitrogen and oxygen atoms in total. The predicted molar refractivity (Wildman–Crippen MR) is 146 cm³/mol. The number of ketones is 1. The first-order valence-corrected chi connectivity index (χ1v) is 13.8. The number of Topliss-reactive ketones (excluding diaryl/α,β-unsaturated/α-hetero) is 1. The van der Waals surface area contributed by atoms with Gasteiger partial charge in [0.15, 0.2) is 17.3 Å². The second-order valence-corrected chi connectivity index (χ2v) is 12.3. The Morgan fingerprint density at radius 2 is 1.97 bits per heavy atom. The van der Waals surface area contributed by atoms with Crippen molar-refractivity contribution in [3.8, 4) is 6.07 Å². The second kappa shape index (κ2) is 8.63. The lowest BCUT2D eigenvalue weighted by Crippen LogP contribution is -2.54. The largest absolute Gasteiger partial charge is 0.323 e. The lowest BCUT2D eigenvalue weighted by atomic mass is 9.67. The molecule has 1 fully saturated rings. The van der Waals surface area contributed by atoms with Crippen molar-refractivity contribution in [1.29, 1.82) is 5.26 Å². The van der Waals surface area contributed by atoms with Gasteiger partial charge in [-0.3, -0.25) is 19.8 Å². The fourth-order valence-corrected chi connectivity index (χ4v) is 7.58. The molecule has 198 valence electrons. The van der Waals surface area contributed by atoms with Gasteiger partial charge in [-0.25, -0.2) is 9.97 Å². The van der Waals surface area contributed by atoms with E-state index in [0.29, 0.717) is 40.9 Å². The van der Waals surface area contributed by atoms with Crippen LogP contribution in [0.15, 0.2) is 53.1 Å². The summed E-state index contributed by atoms with van der Waals surface area (Å²) < 4.78 is 0. The van der Waals surface area contributed by atoms with Crippen molar-refractivity contribution in [2.24, 2.45) is 27.5 Å². The minimum Gasteiger partial charge on any atom is -0.323 e. The molecule has 3 N–H and O–H groups in total. The zero-order valence-corrected chi connectivity index (χ0v) is 22.3. The summed E-state index contributed by atoms with van der Waals surface area (Å²) in [4.78, 5) is 29.6. The number of H-pyrrole nitrogens is 1. The van der Waals surface area contributed by atoms with Gasteiger partial charge in [-0.05, 0) is 67.2 Å². The van der Waals surface area contributed by atoms with E-state index in [0.717, 1.165) is 38.0 Å². The molecule has 0 saturated carbocycles. The number of carbonyl (C=O) groups is 1. The monoisotopic (exact) mass is 520 g/mol. The molecule has 3 atom stereocenters. The average molecular weight is 521 g/mol. The van der Waals surface area contributed by atoms with E-state index in [1.807, 2.05) is 0 Å². The number of nitrogens with zero attached hydrogens (tertiary/aromatic N) is 6. The lowest BCUT2D eigenvalue weighted by molar-refractivity contribution is -0.117. The fraction of sp³-hybridized carbons (Fsp3) is 0.467. The van der Waals surface area contributed by atoms with Gasteiger partial charge in [-0.2, -0.15) is 10.4 Å². The summed E-state index contributed by atoms with van der Waals surface area (Å²) in [5, 5.41) is 17.9. The van der Waals surface area contributed by atoms with Crippen molar-refractivity contribution in [2.75, 3.05) is 13.1 Å². The first kappa shape index (κ1) is 24.3. The van der Waals surface area contributed by atoms with Gasteiger partial charge in [-0.15, -0.1) is 0 Å². The van der Waals surface area contributed by atoms with Gasteiger partial charge >= 0.3 is 0 Å². The van der Waals surface area contributed by atoms with E-state index in [9.17, 15) is 10.1 Å². The van der Waals surface area contributed by atoms with E-state index in [1.165, 1.54) is 17.5 Å². The van der Waals surface area contributed by atoms with Gasteiger partial charge in [0, 0.05) is 29.6 Å². The van der Waals surface area contributed by atoms with Crippen LogP contribution in [0.25, 0.3) is 11.0 Å². The molecule has 1 spiro atoms. The Balaban J connectivity index is 1.17. The van der Waals surface area contributed by atoms with E-state index < -0.39 is 5.92 Å². The van der Waals surface area contributed by atoms with Crippen molar-refractivity contribution >= 4 is 22.5 Å². The molecule has 1 aromatic carbocycles. The standard InChI is InChI=1S/C30H32N8O/c1-29(2)13-22-19(26(39)20(14-31)24(35-22)25-21-15-33-16-34-28(21)37-36-25)11-23(29)38-9-7-30(8-10-38)12-17-5-3-4-6-18(17)27(30)32/h3-6,15-16,20,23,27H,7-13,32H2,1-2H3,(H,33,34,36,37). The summed E-state index contributed by atoms with van der Waals surface area (Å²) in [6, 6.07) is 11.1. The molecule has 0 radical (unpaired) electrons. The number of piperidine rings is 1. The number of aromatic nitrogens is 4. The van der Waals surface area contributed by atoms with E-state index in [4.69, 9.17) is 10.7 Å². The summed E-state index contributed by atoms with van der Waals surface area (Å²) >= 11 is 0. The Hall–Kier alpha value is -3.74. The molecule has 9 heteroatoms. The maximum absolute atomic E-state index is 13.8. The zero-order chi connectivity index (χ0) is 26.9. The lowest BCUT2D eigenvalue weighted by Gasteiger charge is -2.51. The Morgan fingerprint density at radius 3 is 2.74 bits per heavy atom. The first-order chi connectivity index (χ1) is 18.8. The SMILES string of the molecule is CC1(C)CC2=C(CC1N1CCC3(CC1)Cc1ccccc1C3N)C(=O)C(C#N)C(c1[nH]nc3ncncc13)=N2. The first-order valence-electron chi connectivity index (χ1n) is 13.8. The van der Waals surface area contributed by atoms with Crippen LogP contribution < -0.4 is 5.73 Å². The van der Waals surface area contributed by atoms with Gasteiger partial charge < -0.3 is 5.73 Å². The highest BCUT2D eigenvalue weighted by Gasteiger charge is 2.50. The Kier molecular flexibility index (Phi) is 5.38. The van der Waals surface area contributed by atoms with Crippen molar-refractivity contribution < 1.29 is 4.79 Å². The van der Waals surface area contributed by atoms with Crippen molar-refractivity contribution in [2.45, 2.75) is 58.0 Å². The van der Waals surface area contributed by atoms with Crippen LogP contribution in [0.2, 0.25) is 0 Å². The molecule has 7 rings (SSSR count). The number of hydrogen-bond donors (Lipinski definition) is 2. The van der Waals surface area contributed by atoms with Crippen LogP contribution >= 0.6 is 0 Å². The molecular weight excluding hydrogens is 488 g/mol. The quantitative estimate of drug-likeness (QED) is 0.526. The third-order valence-corrected chi connectivity index (χ3v) is 9.81. The van der Waals surface area contributed by atoms with Crippen molar-refractivity contribution in [1.82, 2.24) is 25.1 Å². The number of fused-ring (bicyclic) bond motifs is 2. The molecule has 2 aromatic heterocycles. The number of aliphatic imine (C=N–C) groups is 1. The molecule has 2 aliphatic heterocycles.